The molecule has 0 bridgehead atoms. The Morgan fingerprint density at radius 1 is 0.432 bits per heavy atom. The molecule has 0 radical (unpaired) electrons. The monoisotopic (exact) mass is 567 g/mol. The Labute approximate surface area is 253 Å². The van der Waals surface area contributed by atoms with Crippen molar-refractivity contribution < 1.29 is 9.52 Å². The predicted molar refractivity (Wildman–Crippen MR) is 176 cm³/mol. The minimum Gasteiger partial charge on any atom is -0.507 e. The van der Waals surface area contributed by atoms with Gasteiger partial charge in [-0.2, -0.15) is 0 Å². The number of fused-ring (bicyclic) bond motifs is 3. The van der Waals surface area contributed by atoms with Crippen LogP contribution in [0.15, 0.2) is 150 Å². The predicted octanol–water partition coefficient (Wildman–Crippen LogP) is 9.81. The Bertz CT molecular complexity index is 2220. The molecule has 0 unspecified atom stereocenters. The molecule has 5 nitrogen and oxygen atoms in total. The number of aromatic hydroxyl groups is 1. The van der Waals surface area contributed by atoms with Crippen LogP contribution in [0.4, 0.5) is 0 Å². The van der Waals surface area contributed by atoms with Crippen LogP contribution in [0.3, 0.4) is 0 Å². The first-order chi connectivity index (χ1) is 21.7. The third kappa shape index (κ3) is 4.48. The van der Waals surface area contributed by atoms with Gasteiger partial charge in [0, 0.05) is 38.6 Å². The molecule has 8 aromatic rings. The number of para-hydroxylation sites is 2. The summed E-state index contributed by atoms with van der Waals surface area (Å²) in [6.45, 7) is 0. The lowest BCUT2D eigenvalue weighted by molar-refractivity contribution is 0.478. The van der Waals surface area contributed by atoms with Crippen LogP contribution in [0.2, 0.25) is 0 Å². The van der Waals surface area contributed by atoms with E-state index in [9.17, 15) is 5.11 Å². The lowest BCUT2D eigenvalue weighted by Crippen LogP contribution is -2.01. The standard InChI is InChI=1S/C39H25N3O2/c43-33-24-28(29-20-12-21-31-30-19-10-11-22-34(30)44-36(29)31)23-32(35(33)25-13-4-1-5-14-25)39-41-37(26-15-6-2-7-16-26)40-38(42-39)27-17-8-3-9-18-27/h1-24,43H. The van der Waals surface area contributed by atoms with Crippen molar-refractivity contribution in [2.75, 3.05) is 0 Å². The molecule has 44 heavy (non-hydrogen) atoms. The Kier molecular flexibility index (Phi) is 6.20. The number of furan rings is 1. The van der Waals surface area contributed by atoms with Crippen LogP contribution in [0.1, 0.15) is 0 Å². The van der Waals surface area contributed by atoms with E-state index in [1.807, 2.05) is 127 Å². The molecule has 0 amide bonds. The molecule has 1 N–H and O–H groups in total. The molecule has 0 aliphatic heterocycles. The van der Waals surface area contributed by atoms with E-state index in [-0.39, 0.29) is 5.75 Å². The Balaban J connectivity index is 1.42. The lowest BCUT2D eigenvalue weighted by Gasteiger charge is -2.16. The lowest BCUT2D eigenvalue weighted by atomic mass is 9.92. The van der Waals surface area contributed by atoms with Gasteiger partial charge in [0.05, 0.1) is 0 Å². The second kappa shape index (κ2) is 10.6. The molecule has 0 aliphatic rings. The number of phenols is 1. The highest BCUT2D eigenvalue weighted by Gasteiger charge is 2.21. The van der Waals surface area contributed by atoms with Gasteiger partial charge in [-0.15, -0.1) is 0 Å². The molecule has 0 aliphatic carbocycles. The van der Waals surface area contributed by atoms with Crippen molar-refractivity contribution in [2.45, 2.75) is 0 Å². The van der Waals surface area contributed by atoms with E-state index in [1.165, 1.54) is 0 Å². The minimum absolute atomic E-state index is 0.125. The van der Waals surface area contributed by atoms with Crippen LogP contribution in [-0.2, 0) is 0 Å². The Hall–Kier alpha value is -6.07. The van der Waals surface area contributed by atoms with Crippen molar-refractivity contribution in [1.82, 2.24) is 15.0 Å². The normalized spacial score (nSPS) is 11.3. The average molecular weight is 568 g/mol. The maximum atomic E-state index is 11.7. The zero-order chi connectivity index (χ0) is 29.5. The van der Waals surface area contributed by atoms with Gasteiger partial charge in [-0.3, -0.25) is 0 Å². The minimum atomic E-state index is 0.125. The van der Waals surface area contributed by atoms with Crippen LogP contribution < -0.4 is 0 Å². The highest BCUT2D eigenvalue weighted by molar-refractivity contribution is 6.10. The third-order valence-corrected chi connectivity index (χ3v) is 7.84. The van der Waals surface area contributed by atoms with E-state index in [4.69, 9.17) is 19.4 Å². The second-order valence-electron chi connectivity index (χ2n) is 10.6. The molecule has 0 saturated heterocycles. The molecule has 0 saturated carbocycles. The first-order valence-electron chi connectivity index (χ1n) is 14.4. The largest absolute Gasteiger partial charge is 0.507 e. The molecule has 6 aromatic carbocycles. The molecular formula is C39H25N3O2. The summed E-state index contributed by atoms with van der Waals surface area (Å²) in [6.07, 6.45) is 0. The summed E-state index contributed by atoms with van der Waals surface area (Å²) >= 11 is 0. The van der Waals surface area contributed by atoms with E-state index < -0.39 is 0 Å². The van der Waals surface area contributed by atoms with Gasteiger partial charge in [0.1, 0.15) is 16.9 Å². The average Bonchev–Trinajstić information content (AvgIpc) is 3.48. The van der Waals surface area contributed by atoms with Crippen molar-refractivity contribution in [3.8, 4) is 62.2 Å². The van der Waals surface area contributed by atoms with Crippen molar-refractivity contribution in [1.29, 1.82) is 0 Å². The fourth-order valence-electron chi connectivity index (χ4n) is 5.77. The van der Waals surface area contributed by atoms with Gasteiger partial charge in [0.25, 0.3) is 0 Å². The highest BCUT2D eigenvalue weighted by atomic mass is 16.3. The molecule has 2 heterocycles. The number of aromatic nitrogens is 3. The van der Waals surface area contributed by atoms with Crippen LogP contribution in [0.5, 0.6) is 5.75 Å². The molecule has 0 atom stereocenters. The molecule has 0 fully saturated rings. The zero-order valence-corrected chi connectivity index (χ0v) is 23.6. The molecular weight excluding hydrogens is 542 g/mol. The number of benzene rings is 6. The molecule has 208 valence electrons. The van der Waals surface area contributed by atoms with E-state index >= 15 is 0 Å². The van der Waals surface area contributed by atoms with Gasteiger partial charge in [-0.1, -0.05) is 127 Å². The topological polar surface area (TPSA) is 72.0 Å². The van der Waals surface area contributed by atoms with E-state index in [0.717, 1.165) is 49.8 Å². The summed E-state index contributed by atoms with van der Waals surface area (Å²) in [5, 5.41) is 13.8. The van der Waals surface area contributed by atoms with Crippen LogP contribution in [0.25, 0.3) is 78.4 Å². The first-order valence-corrected chi connectivity index (χ1v) is 14.4. The number of phenolic OH excluding ortho intramolecular Hbond substituents is 1. The summed E-state index contributed by atoms with van der Waals surface area (Å²) in [4.78, 5) is 14.9. The van der Waals surface area contributed by atoms with Gasteiger partial charge in [0.15, 0.2) is 17.5 Å². The van der Waals surface area contributed by atoms with Gasteiger partial charge in [-0.25, -0.2) is 15.0 Å². The summed E-state index contributed by atoms with van der Waals surface area (Å²) in [7, 11) is 0. The maximum Gasteiger partial charge on any atom is 0.164 e. The fraction of sp³-hybridized carbons (Fsp3) is 0. The highest BCUT2D eigenvalue weighted by Crippen LogP contribution is 2.44. The molecule has 5 heteroatoms. The van der Waals surface area contributed by atoms with Crippen molar-refractivity contribution in [3.63, 3.8) is 0 Å². The van der Waals surface area contributed by atoms with E-state index in [1.54, 1.807) is 6.07 Å². The van der Waals surface area contributed by atoms with E-state index in [2.05, 4.69) is 12.1 Å². The third-order valence-electron chi connectivity index (χ3n) is 7.84. The first kappa shape index (κ1) is 25.6. The second-order valence-corrected chi connectivity index (χ2v) is 10.6. The Morgan fingerprint density at radius 2 is 0.977 bits per heavy atom. The van der Waals surface area contributed by atoms with Crippen LogP contribution in [0, 0.1) is 0 Å². The van der Waals surface area contributed by atoms with Crippen molar-refractivity contribution >= 4 is 21.9 Å². The summed E-state index contributed by atoms with van der Waals surface area (Å²) in [5.41, 5.74) is 7.20. The van der Waals surface area contributed by atoms with Crippen LogP contribution >= 0.6 is 0 Å². The van der Waals surface area contributed by atoms with E-state index in [0.29, 0.717) is 28.6 Å². The van der Waals surface area contributed by atoms with Gasteiger partial charge in [0.2, 0.25) is 0 Å². The van der Waals surface area contributed by atoms with Crippen molar-refractivity contribution in [2.24, 2.45) is 0 Å². The van der Waals surface area contributed by atoms with Crippen molar-refractivity contribution in [3.05, 3.63) is 146 Å². The van der Waals surface area contributed by atoms with Gasteiger partial charge < -0.3 is 9.52 Å². The number of hydrogen-bond donors (Lipinski definition) is 1. The SMILES string of the molecule is Oc1cc(-c2cccc3c2oc2ccccc23)cc(-c2nc(-c3ccccc3)nc(-c3ccccc3)n2)c1-c1ccccc1. The molecule has 2 aromatic heterocycles. The summed E-state index contributed by atoms with van der Waals surface area (Å²) in [6, 6.07) is 47.6. The van der Waals surface area contributed by atoms with Gasteiger partial charge in [-0.05, 0) is 29.3 Å². The number of hydrogen-bond acceptors (Lipinski definition) is 5. The summed E-state index contributed by atoms with van der Waals surface area (Å²) in [5.74, 6) is 1.70. The van der Waals surface area contributed by atoms with Gasteiger partial charge >= 0.3 is 0 Å². The van der Waals surface area contributed by atoms with Crippen LogP contribution in [-0.4, -0.2) is 20.1 Å². The quantitative estimate of drug-likeness (QED) is 0.224. The zero-order valence-electron chi connectivity index (χ0n) is 23.6. The molecule has 0 spiro atoms. The number of nitrogens with zero attached hydrogens (tertiary/aromatic N) is 3. The number of rotatable bonds is 5. The molecule has 8 rings (SSSR count). The smallest absolute Gasteiger partial charge is 0.164 e. The summed E-state index contributed by atoms with van der Waals surface area (Å²) < 4.78 is 6.37. The Morgan fingerprint density at radius 3 is 1.64 bits per heavy atom. The fourth-order valence-corrected chi connectivity index (χ4v) is 5.77. The maximum absolute atomic E-state index is 11.7.